The van der Waals surface area contributed by atoms with Gasteiger partial charge in [-0.15, -0.1) is 0 Å². The second-order valence-corrected chi connectivity index (χ2v) is 7.30. The molecule has 24 heavy (non-hydrogen) atoms. The first-order chi connectivity index (χ1) is 11.3. The summed E-state index contributed by atoms with van der Waals surface area (Å²) in [7, 11) is 2.29. The van der Waals surface area contributed by atoms with E-state index < -0.39 is 52.5 Å². The summed E-state index contributed by atoms with van der Waals surface area (Å²) in [4.78, 5) is 49.7. The quantitative estimate of drug-likeness (QED) is 0.686. The maximum absolute atomic E-state index is 12.8. The molecule has 5 aliphatic rings. The Morgan fingerprint density at radius 1 is 0.792 bits per heavy atom. The van der Waals surface area contributed by atoms with E-state index in [4.69, 9.17) is 9.47 Å². The number of hydrogen-bond acceptors (Lipinski definition) is 6. The van der Waals surface area contributed by atoms with E-state index in [2.05, 4.69) is 0 Å². The van der Waals surface area contributed by atoms with Gasteiger partial charge in [-0.25, -0.2) is 0 Å². The van der Waals surface area contributed by atoms with E-state index in [1.54, 1.807) is 0 Å². The van der Waals surface area contributed by atoms with Crippen molar-refractivity contribution in [3.8, 4) is 0 Å². The summed E-state index contributed by atoms with van der Waals surface area (Å²) in [5.74, 6) is -8.18. The van der Waals surface area contributed by atoms with Crippen LogP contribution in [0.4, 0.5) is 0 Å². The number of carboxylic acids is 2. The van der Waals surface area contributed by atoms with Gasteiger partial charge in [0.05, 0.1) is 26.1 Å². The minimum absolute atomic E-state index is 0.259. The zero-order valence-electron chi connectivity index (χ0n) is 13.2. The summed E-state index contributed by atoms with van der Waals surface area (Å²) in [6, 6.07) is 0. The van der Waals surface area contributed by atoms with Gasteiger partial charge in [-0.2, -0.15) is 0 Å². The number of carbonyl (C=O) groups excluding carboxylic acids is 2. The maximum atomic E-state index is 12.8. The van der Waals surface area contributed by atoms with E-state index >= 15 is 0 Å². The number of carbonyl (C=O) groups is 4. The summed E-state index contributed by atoms with van der Waals surface area (Å²) in [6.45, 7) is 0. The lowest BCUT2D eigenvalue weighted by atomic mass is 9.53. The van der Waals surface area contributed by atoms with Crippen molar-refractivity contribution in [3.63, 3.8) is 0 Å². The molecule has 5 rings (SSSR count). The van der Waals surface area contributed by atoms with E-state index in [0.29, 0.717) is 12.8 Å². The smallest absolute Gasteiger partial charge is 0.314 e. The zero-order chi connectivity index (χ0) is 17.6. The van der Waals surface area contributed by atoms with Crippen molar-refractivity contribution in [3.05, 3.63) is 0 Å². The molecule has 5 saturated carbocycles. The van der Waals surface area contributed by atoms with Crippen LogP contribution in [0, 0.1) is 46.3 Å². The van der Waals surface area contributed by atoms with Crippen LogP contribution in [-0.4, -0.2) is 48.3 Å². The second-order valence-electron chi connectivity index (χ2n) is 7.30. The van der Waals surface area contributed by atoms with Crippen LogP contribution in [0.1, 0.15) is 12.8 Å². The van der Waals surface area contributed by atoms with Crippen LogP contribution < -0.4 is 0 Å². The van der Waals surface area contributed by atoms with Crippen LogP contribution in [-0.2, 0) is 28.7 Å². The number of carboxylic acid groups (broad SMARTS) is 2. The molecule has 0 spiro atoms. The van der Waals surface area contributed by atoms with Gasteiger partial charge in [-0.05, 0) is 36.5 Å². The summed E-state index contributed by atoms with van der Waals surface area (Å²) in [5.41, 5.74) is -3.27. The van der Waals surface area contributed by atoms with Gasteiger partial charge in [0, 0.05) is 0 Å². The lowest BCUT2D eigenvalue weighted by Gasteiger charge is -2.47. The van der Waals surface area contributed by atoms with Crippen molar-refractivity contribution >= 4 is 23.9 Å². The maximum Gasteiger partial charge on any atom is 0.314 e. The van der Waals surface area contributed by atoms with E-state index in [9.17, 15) is 29.4 Å². The van der Waals surface area contributed by atoms with Crippen molar-refractivity contribution in [1.29, 1.82) is 0 Å². The van der Waals surface area contributed by atoms with Crippen molar-refractivity contribution in [2.45, 2.75) is 12.8 Å². The molecule has 0 amide bonds. The Morgan fingerprint density at radius 2 is 1.17 bits per heavy atom. The number of hydrogen-bond donors (Lipinski definition) is 2. The van der Waals surface area contributed by atoms with Gasteiger partial charge < -0.3 is 19.7 Å². The first-order valence-corrected chi connectivity index (χ1v) is 7.95. The third-order valence-electron chi connectivity index (χ3n) is 7.35. The highest BCUT2D eigenvalue weighted by molar-refractivity contribution is 6.01. The molecule has 8 nitrogen and oxygen atoms in total. The van der Waals surface area contributed by atoms with E-state index in [0.717, 1.165) is 14.2 Å². The average Bonchev–Trinajstić information content (AvgIpc) is 3.26. The van der Waals surface area contributed by atoms with E-state index in [1.165, 1.54) is 0 Å². The Morgan fingerprint density at radius 3 is 1.46 bits per heavy atom. The molecule has 5 fully saturated rings. The minimum atomic E-state index is -1.64. The number of methoxy groups -OCH3 is 2. The summed E-state index contributed by atoms with van der Waals surface area (Å²) in [6.07, 6.45) is 1.21. The van der Waals surface area contributed by atoms with E-state index in [-0.39, 0.29) is 17.8 Å². The normalized spacial score (nSPS) is 49.4. The van der Waals surface area contributed by atoms with Crippen LogP contribution in [0.15, 0.2) is 0 Å². The monoisotopic (exact) mass is 338 g/mol. The molecule has 0 heterocycles. The van der Waals surface area contributed by atoms with Gasteiger partial charge in [0.25, 0.3) is 0 Å². The van der Waals surface area contributed by atoms with E-state index in [1.807, 2.05) is 0 Å². The Hall–Kier alpha value is -2.12. The number of rotatable bonds is 4. The Bertz CT molecular complexity index is 630. The number of esters is 2. The molecular formula is C16H18O8. The summed E-state index contributed by atoms with van der Waals surface area (Å²) >= 11 is 0. The SMILES string of the molecule is COC(=O)[C@@]12[C@H](C(=O)O)C3C4[C@@H](CC[C@@H]41)[C@]2(C(=O)OC)[C@H]3C(=O)O. The molecule has 0 saturated heterocycles. The first-order valence-electron chi connectivity index (χ1n) is 7.95. The predicted octanol–water partition coefficient (Wildman–Crippen LogP) is 0.00620. The van der Waals surface area contributed by atoms with Crippen LogP contribution in [0.25, 0.3) is 0 Å². The lowest BCUT2D eigenvalue weighted by Crippen LogP contribution is -2.60. The van der Waals surface area contributed by atoms with Gasteiger partial charge in [0.15, 0.2) is 0 Å². The van der Waals surface area contributed by atoms with Crippen LogP contribution in [0.2, 0.25) is 0 Å². The third kappa shape index (κ3) is 1.11. The van der Waals surface area contributed by atoms with Gasteiger partial charge in [-0.1, -0.05) is 0 Å². The van der Waals surface area contributed by atoms with Gasteiger partial charge in [-0.3, -0.25) is 19.2 Å². The number of aliphatic carboxylic acids is 2. The Kier molecular flexibility index (Phi) is 2.75. The molecule has 2 N–H and O–H groups in total. The van der Waals surface area contributed by atoms with Crippen LogP contribution >= 0.6 is 0 Å². The molecule has 0 aliphatic heterocycles. The lowest BCUT2D eigenvalue weighted by molar-refractivity contribution is -0.194. The van der Waals surface area contributed by atoms with Crippen molar-refractivity contribution in [2.75, 3.05) is 14.2 Å². The minimum Gasteiger partial charge on any atom is -0.481 e. The topological polar surface area (TPSA) is 127 Å². The summed E-state index contributed by atoms with van der Waals surface area (Å²) in [5, 5.41) is 19.6. The molecule has 0 aromatic rings. The Balaban J connectivity index is 2.06. The Labute approximate surface area is 137 Å². The predicted molar refractivity (Wildman–Crippen MR) is 74.3 cm³/mol. The molecule has 0 aromatic heterocycles. The zero-order valence-corrected chi connectivity index (χ0v) is 13.2. The molecular weight excluding hydrogens is 320 g/mol. The fraction of sp³-hybridized carbons (Fsp3) is 0.750. The largest absolute Gasteiger partial charge is 0.481 e. The van der Waals surface area contributed by atoms with Crippen molar-refractivity contribution < 1.29 is 38.9 Å². The van der Waals surface area contributed by atoms with Crippen LogP contribution in [0.5, 0.6) is 0 Å². The fourth-order valence-corrected chi connectivity index (χ4v) is 7.41. The van der Waals surface area contributed by atoms with Crippen molar-refractivity contribution in [2.24, 2.45) is 46.3 Å². The third-order valence-corrected chi connectivity index (χ3v) is 7.35. The highest BCUT2D eigenvalue weighted by atomic mass is 16.5. The molecule has 130 valence electrons. The summed E-state index contributed by atoms with van der Waals surface area (Å²) < 4.78 is 9.86. The van der Waals surface area contributed by atoms with Crippen LogP contribution in [0.3, 0.4) is 0 Å². The fourth-order valence-electron chi connectivity index (χ4n) is 7.41. The first kappa shape index (κ1) is 15.4. The second kappa shape index (κ2) is 4.29. The molecule has 0 aromatic carbocycles. The molecule has 8 heteroatoms. The van der Waals surface area contributed by atoms with Gasteiger partial charge in [0.1, 0.15) is 10.8 Å². The highest BCUT2D eigenvalue weighted by Crippen LogP contribution is 2.89. The molecule has 6 bridgehead atoms. The molecule has 0 radical (unpaired) electrons. The van der Waals surface area contributed by atoms with Gasteiger partial charge in [0.2, 0.25) is 0 Å². The standard InChI is InChI=1S/C16H18O8/c1-23-13(21)15-5-3-4-6-7(5)8(9(15)11(17)18)10(12(19)20)16(6,15)14(22)24-2/h5-10H,3-4H2,1-2H3,(H,17,18)(H,19,20)/t5-,6+,7?,8?,9-,10+,15-,16+. The van der Waals surface area contributed by atoms with Gasteiger partial charge >= 0.3 is 23.9 Å². The average molecular weight is 338 g/mol. The molecule has 8 atom stereocenters. The highest BCUT2D eigenvalue weighted by Gasteiger charge is 2.97. The van der Waals surface area contributed by atoms with Crippen molar-refractivity contribution in [1.82, 2.24) is 0 Å². The molecule has 5 aliphatic carbocycles. The number of ether oxygens (including phenoxy) is 2. The molecule has 2 unspecified atom stereocenters.